The van der Waals surface area contributed by atoms with Crippen molar-refractivity contribution in [3.8, 4) is 5.75 Å². The Morgan fingerprint density at radius 1 is 0.941 bits per heavy atom. The molecule has 0 aliphatic carbocycles. The van der Waals surface area contributed by atoms with Gasteiger partial charge < -0.3 is 10.1 Å². The molecular weight excluding hydrogens is 464 g/mol. The zero-order chi connectivity index (χ0) is 23.4. The predicted molar refractivity (Wildman–Crippen MR) is 138 cm³/mol. The number of aromatic nitrogens is 3. The van der Waals surface area contributed by atoms with Gasteiger partial charge in [-0.05, 0) is 55.5 Å². The number of thioether (sulfide) groups is 1. The van der Waals surface area contributed by atoms with Crippen LogP contribution in [-0.2, 0) is 0 Å². The maximum absolute atomic E-state index is 6.70. The Labute approximate surface area is 207 Å². The fourth-order valence-corrected chi connectivity index (χ4v) is 5.17. The fourth-order valence-electron chi connectivity index (χ4n) is 4.69. The van der Waals surface area contributed by atoms with Gasteiger partial charge in [-0.3, -0.25) is 0 Å². The minimum absolute atomic E-state index is 0.172. The number of nitrogens with one attached hydrogen (secondary N) is 1. The molecule has 2 aliphatic rings. The maximum atomic E-state index is 6.70. The van der Waals surface area contributed by atoms with E-state index >= 15 is 0 Å². The highest BCUT2D eigenvalue weighted by Gasteiger charge is 2.41. The van der Waals surface area contributed by atoms with E-state index in [-0.39, 0.29) is 12.1 Å². The average Bonchev–Trinajstić information content (AvgIpc) is 3.27. The molecule has 0 amide bonds. The lowest BCUT2D eigenvalue weighted by Crippen LogP contribution is -2.32. The number of ether oxygens (including phenoxy) is 1. The topological polar surface area (TPSA) is 52.0 Å². The van der Waals surface area contributed by atoms with Gasteiger partial charge in [0.15, 0.2) is 0 Å². The molecular formula is C27H23ClN4OS. The number of aryl methyl sites for hydroxylation is 2. The molecule has 34 heavy (non-hydrogen) atoms. The number of nitrogens with zero attached hydrogens (tertiary/aromatic N) is 3. The third-order valence-electron chi connectivity index (χ3n) is 6.36. The molecule has 3 aromatic carbocycles. The number of benzene rings is 3. The van der Waals surface area contributed by atoms with Gasteiger partial charge in [0.1, 0.15) is 17.9 Å². The van der Waals surface area contributed by atoms with Crippen LogP contribution >= 0.6 is 23.4 Å². The average molecular weight is 487 g/mol. The van der Waals surface area contributed by atoms with Gasteiger partial charge in [-0.1, -0.05) is 77.0 Å². The Hall–Kier alpha value is -3.22. The van der Waals surface area contributed by atoms with Crippen molar-refractivity contribution in [2.24, 2.45) is 0 Å². The smallest absolute Gasteiger partial charge is 0.227 e. The van der Waals surface area contributed by atoms with Crippen molar-refractivity contribution in [1.82, 2.24) is 14.8 Å². The molecule has 7 heteroatoms. The van der Waals surface area contributed by atoms with E-state index in [9.17, 15) is 0 Å². The molecule has 6 rings (SSSR count). The quantitative estimate of drug-likeness (QED) is 0.321. The van der Waals surface area contributed by atoms with Crippen molar-refractivity contribution in [3.05, 3.63) is 105 Å². The Kier molecular flexibility index (Phi) is 5.15. The SMILES string of the molecule is CSc1nc2n(n1)[C@@H](c1ccc(C)cc1)C1=C(N2)c2cc(C)ccc2O[C@@H]1c1ccc(Cl)cc1. The first kappa shape index (κ1) is 21.3. The Balaban J connectivity index is 1.63. The Morgan fingerprint density at radius 2 is 1.65 bits per heavy atom. The molecule has 1 N–H and O–H groups in total. The summed E-state index contributed by atoms with van der Waals surface area (Å²) in [5.41, 5.74) is 7.73. The number of halogens is 1. The van der Waals surface area contributed by atoms with Gasteiger partial charge in [0.25, 0.3) is 0 Å². The summed E-state index contributed by atoms with van der Waals surface area (Å²) in [5, 5.41) is 9.89. The molecule has 2 aliphatic heterocycles. The number of rotatable bonds is 3. The van der Waals surface area contributed by atoms with Crippen LogP contribution in [0.2, 0.25) is 5.02 Å². The zero-order valence-electron chi connectivity index (χ0n) is 19.0. The highest BCUT2D eigenvalue weighted by molar-refractivity contribution is 7.98. The highest BCUT2D eigenvalue weighted by atomic mass is 35.5. The van der Waals surface area contributed by atoms with Crippen molar-refractivity contribution < 1.29 is 4.74 Å². The molecule has 0 unspecified atom stereocenters. The summed E-state index contributed by atoms with van der Waals surface area (Å²) in [5.74, 6) is 1.58. The molecule has 0 saturated heterocycles. The van der Waals surface area contributed by atoms with Gasteiger partial charge in [-0.25, -0.2) is 4.68 Å². The van der Waals surface area contributed by atoms with Crippen LogP contribution in [0, 0.1) is 13.8 Å². The number of fused-ring (bicyclic) bond motifs is 3. The third kappa shape index (κ3) is 3.49. The van der Waals surface area contributed by atoms with Crippen LogP contribution in [0.3, 0.4) is 0 Å². The standard InChI is InChI=1S/C27H23ClN4OS/c1-15-4-7-17(8-5-15)24-22-23(29-26-30-27(34-3)31-32(24)26)20-14-16(2)6-13-21(20)33-25(22)18-9-11-19(28)12-10-18/h4-14,24-25H,1-3H3,(H,29,30,31)/t24-,25+/m0/s1. The Morgan fingerprint density at radius 3 is 2.38 bits per heavy atom. The molecule has 0 bridgehead atoms. The van der Waals surface area contributed by atoms with Crippen molar-refractivity contribution in [3.63, 3.8) is 0 Å². The van der Waals surface area contributed by atoms with Gasteiger partial charge in [0.2, 0.25) is 11.1 Å². The highest BCUT2D eigenvalue weighted by Crippen LogP contribution is 2.51. The monoisotopic (exact) mass is 486 g/mol. The summed E-state index contributed by atoms with van der Waals surface area (Å²) < 4.78 is 8.69. The van der Waals surface area contributed by atoms with Gasteiger partial charge >= 0.3 is 0 Å². The molecule has 5 nitrogen and oxygen atoms in total. The first-order chi connectivity index (χ1) is 16.5. The number of hydrogen-bond donors (Lipinski definition) is 1. The van der Waals surface area contributed by atoms with Crippen LogP contribution in [0.4, 0.5) is 5.95 Å². The lowest BCUT2D eigenvalue weighted by atomic mass is 9.84. The summed E-state index contributed by atoms with van der Waals surface area (Å²) in [6, 6.07) is 22.6. The van der Waals surface area contributed by atoms with Crippen LogP contribution in [0.1, 0.15) is 40.0 Å². The summed E-state index contributed by atoms with van der Waals surface area (Å²) in [7, 11) is 0. The van der Waals surface area contributed by atoms with Crippen LogP contribution in [0.25, 0.3) is 5.70 Å². The van der Waals surface area contributed by atoms with E-state index < -0.39 is 0 Å². The number of hydrogen-bond acceptors (Lipinski definition) is 5. The third-order valence-corrected chi connectivity index (χ3v) is 7.15. The largest absolute Gasteiger partial charge is 0.480 e. The maximum Gasteiger partial charge on any atom is 0.227 e. The molecule has 170 valence electrons. The number of anilines is 1. The first-order valence-corrected chi connectivity index (χ1v) is 12.7. The Bertz CT molecular complexity index is 1430. The normalized spacial score (nSPS) is 18.5. The van der Waals surface area contributed by atoms with Crippen molar-refractivity contribution in [2.45, 2.75) is 31.1 Å². The second kappa shape index (κ2) is 8.22. The second-order valence-corrected chi connectivity index (χ2v) is 9.89. The van der Waals surface area contributed by atoms with Crippen molar-refractivity contribution in [1.29, 1.82) is 0 Å². The molecule has 3 heterocycles. The van der Waals surface area contributed by atoms with Crippen molar-refractivity contribution in [2.75, 3.05) is 11.6 Å². The van der Waals surface area contributed by atoms with Crippen LogP contribution in [0.5, 0.6) is 5.75 Å². The summed E-state index contributed by atoms with van der Waals surface area (Å²) in [4.78, 5) is 4.77. The van der Waals surface area contributed by atoms with Crippen LogP contribution in [0.15, 0.2) is 77.5 Å². The molecule has 0 radical (unpaired) electrons. The van der Waals surface area contributed by atoms with E-state index in [2.05, 4.69) is 55.6 Å². The van der Waals surface area contributed by atoms with E-state index in [1.807, 2.05) is 41.3 Å². The molecule has 0 spiro atoms. The molecule has 1 aromatic heterocycles. The van der Waals surface area contributed by atoms with Crippen LogP contribution < -0.4 is 10.1 Å². The molecule has 0 saturated carbocycles. The minimum atomic E-state index is -0.309. The van der Waals surface area contributed by atoms with E-state index in [0.717, 1.165) is 44.8 Å². The van der Waals surface area contributed by atoms with Crippen LogP contribution in [-0.4, -0.2) is 21.0 Å². The summed E-state index contributed by atoms with van der Waals surface area (Å²) in [6.45, 7) is 4.20. The predicted octanol–water partition coefficient (Wildman–Crippen LogP) is 6.83. The van der Waals surface area contributed by atoms with E-state index in [1.54, 1.807) is 0 Å². The van der Waals surface area contributed by atoms with Gasteiger partial charge in [0.05, 0.1) is 5.70 Å². The lowest BCUT2D eigenvalue weighted by molar-refractivity contribution is 0.223. The van der Waals surface area contributed by atoms with E-state index in [1.165, 1.54) is 22.9 Å². The zero-order valence-corrected chi connectivity index (χ0v) is 20.6. The van der Waals surface area contributed by atoms with E-state index in [0.29, 0.717) is 5.02 Å². The fraction of sp³-hybridized carbons (Fsp3) is 0.185. The van der Waals surface area contributed by atoms with Gasteiger partial charge in [-0.2, -0.15) is 4.98 Å². The molecule has 4 aromatic rings. The molecule has 0 fully saturated rings. The van der Waals surface area contributed by atoms with Gasteiger partial charge in [-0.15, -0.1) is 5.10 Å². The van der Waals surface area contributed by atoms with Gasteiger partial charge in [0, 0.05) is 16.2 Å². The molecule has 2 atom stereocenters. The minimum Gasteiger partial charge on any atom is -0.480 e. The summed E-state index contributed by atoms with van der Waals surface area (Å²) in [6.07, 6.45) is 1.68. The van der Waals surface area contributed by atoms with Crippen molar-refractivity contribution >= 4 is 35.0 Å². The van der Waals surface area contributed by atoms with E-state index in [4.69, 9.17) is 26.4 Å². The summed E-state index contributed by atoms with van der Waals surface area (Å²) >= 11 is 7.76. The second-order valence-electron chi connectivity index (χ2n) is 8.68. The lowest BCUT2D eigenvalue weighted by Gasteiger charge is -2.39. The first-order valence-electron chi connectivity index (χ1n) is 11.1.